The van der Waals surface area contributed by atoms with Crippen LogP contribution in [0.5, 0.6) is 5.75 Å². The minimum atomic E-state index is -4.53. The summed E-state index contributed by atoms with van der Waals surface area (Å²) in [6, 6.07) is 0. The van der Waals surface area contributed by atoms with Crippen molar-refractivity contribution >= 4 is 11.6 Å². The van der Waals surface area contributed by atoms with Crippen LogP contribution in [0.3, 0.4) is 0 Å². The van der Waals surface area contributed by atoms with Gasteiger partial charge in [-0.1, -0.05) is 0 Å². The molecule has 0 spiro atoms. The van der Waals surface area contributed by atoms with Gasteiger partial charge >= 0.3 is 6.18 Å². The summed E-state index contributed by atoms with van der Waals surface area (Å²) in [6.45, 7) is 0. The van der Waals surface area contributed by atoms with Gasteiger partial charge in [0.2, 0.25) is 0 Å². The van der Waals surface area contributed by atoms with Gasteiger partial charge in [-0.05, 0) is 0 Å². The number of aromatic hydroxyl groups is 1. The van der Waals surface area contributed by atoms with Gasteiger partial charge in [0.05, 0.1) is 17.6 Å². The van der Waals surface area contributed by atoms with Crippen molar-refractivity contribution in [2.24, 2.45) is 0 Å². The predicted octanol–water partition coefficient (Wildman–Crippen LogP) is 2.54. The molecule has 0 saturated heterocycles. The van der Waals surface area contributed by atoms with E-state index in [0.29, 0.717) is 6.20 Å². The number of pyridine rings is 1. The van der Waals surface area contributed by atoms with E-state index < -0.39 is 23.4 Å². The van der Waals surface area contributed by atoms with Gasteiger partial charge in [-0.25, -0.2) is 0 Å². The van der Waals surface area contributed by atoms with E-state index in [1.54, 1.807) is 0 Å². The average molecular weight is 212 g/mol. The van der Waals surface area contributed by atoms with Crippen LogP contribution in [0.1, 0.15) is 11.1 Å². The summed E-state index contributed by atoms with van der Waals surface area (Å²) < 4.78 is 36.6. The van der Waals surface area contributed by atoms with E-state index in [4.69, 9.17) is 16.7 Å². The topological polar surface area (TPSA) is 33.1 Å². The monoisotopic (exact) mass is 211 g/mol. The van der Waals surface area contributed by atoms with Crippen molar-refractivity contribution < 1.29 is 18.3 Å². The molecule has 1 N–H and O–H groups in total. The minimum absolute atomic E-state index is 0.343. The van der Waals surface area contributed by atoms with Crippen LogP contribution in [-0.4, -0.2) is 10.1 Å². The van der Waals surface area contributed by atoms with Gasteiger partial charge in [0.15, 0.2) is 0 Å². The first-order chi connectivity index (χ1) is 5.96. The molecule has 0 radical (unpaired) electrons. The van der Waals surface area contributed by atoms with Gasteiger partial charge < -0.3 is 5.11 Å². The lowest BCUT2D eigenvalue weighted by Gasteiger charge is -2.10. The summed E-state index contributed by atoms with van der Waals surface area (Å²) in [7, 11) is 0. The molecule has 0 fully saturated rings. The zero-order valence-electron chi connectivity index (χ0n) is 6.27. The third-order valence-corrected chi connectivity index (χ3v) is 1.74. The van der Waals surface area contributed by atoms with E-state index >= 15 is 0 Å². The van der Waals surface area contributed by atoms with Crippen LogP contribution in [0, 0.1) is 0 Å². The highest BCUT2D eigenvalue weighted by Gasteiger charge is 2.34. The SMILES string of the molecule is Oc1cncc(C(F)(F)F)c1CCl. The number of hydrogen-bond donors (Lipinski definition) is 1. The lowest BCUT2D eigenvalue weighted by molar-refractivity contribution is -0.138. The lowest BCUT2D eigenvalue weighted by atomic mass is 10.1. The smallest absolute Gasteiger partial charge is 0.418 e. The second-order valence-corrected chi connectivity index (χ2v) is 2.58. The molecule has 0 saturated carbocycles. The molecule has 0 bridgehead atoms. The van der Waals surface area contributed by atoms with Crippen LogP contribution in [0.2, 0.25) is 0 Å². The Labute approximate surface area is 77.0 Å². The standard InChI is InChI=1S/C7H5ClF3NO/c8-1-4-5(7(9,10)11)2-12-3-6(4)13/h2-3,13H,1H2. The molecule has 0 atom stereocenters. The Morgan fingerprint density at radius 1 is 1.38 bits per heavy atom. The maximum atomic E-state index is 12.2. The van der Waals surface area contributed by atoms with Gasteiger partial charge in [0, 0.05) is 11.8 Å². The molecule has 13 heavy (non-hydrogen) atoms. The summed E-state index contributed by atoms with van der Waals surface area (Å²) in [5, 5.41) is 9.01. The van der Waals surface area contributed by atoms with E-state index in [1.165, 1.54) is 0 Å². The Morgan fingerprint density at radius 3 is 2.38 bits per heavy atom. The van der Waals surface area contributed by atoms with E-state index in [1.807, 2.05) is 0 Å². The maximum absolute atomic E-state index is 12.2. The number of halogens is 4. The van der Waals surface area contributed by atoms with Crippen molar-refractivity contribution in [1.82, 2.24) is 4.98 Å². The summed E-state index contributed by atoms with van der Waals surface area (Å²) in [4.78, 5) is 3.23. The molecular formula is C7H5ClF3NO. The average Bonchev–Trinajstić information content (AvgIpc) is 2.02. The summed E-state index contributed by atoms with van der Waals surface area (Å²) in [6.07, 6.45) is -2.97. The highest BCUT2D eigenvalue weighted by Crippen LogP contribution is 2.35. The molecule has 0 aliphatic rings. The van der Waals surface area contributed by atoms with E-state index in [0.717, 1.165) is 6.20 Å². The second-order valence-electron chi connectivity index (χ2n) is 2.32. The number of rotatable bonds is 1. The lowest BCUT2D eigenvalue weighted by Crippen LogP contribution is -2.09. The summed E-state index contributed by atoms with van der Waals surface area (Å²) >= 11 is 5.26. The first-order valence-electron chi connectivity index (χ1n) is 3.26. The Hall–Kier alpha value is -0.970. The van der Waals surface area contributed by atoms with Crippen LogP contribution in [-0.2, 0) is 12.1 Å². The fourth-order valence-corrected chi connectivity index (χ4v) is 1.14. The molecule has 1 aromatic rings. The molecule has 1 rings (SSSR count). The van der Waals surface area contributed by atoms with Crippen LogP contribution in [0.25, 0.3) is 0 Å². The normalized spacial score (nSPS) is 11.7. The highest BCUT2D eigenvalue weighted by molar-refractivity contribution is 6.17. The van der Waals surface area contributed by atoms with Crippen molar-refractivity contribution in [2.75, 3.05) is 0 Å². The van der Waals surface area contributed by atoms with Crippen LogP contribution >= 0.6 is 11.6 Å². The molecule has 0 aromatic carbocycles. The molecular weight excluding hydrogens is 207 g/mol. The summed E-state index contributed by atoms with van der Waals surface area (Å²) in [5.74, 6) is -0.937. The summed E-state index contributed by atoms with van der Waals surface area (Å²) in [5.41, 5.74) is -1.34. The van der Waals surface area contributed by atoms with Gasteiger partial charge in [0.1, 0.15) is 5.75 Å². The minimum Gasteiger partial charge on any atom is -0.506 e. The molecule has 6 heteroatoms. The molecule has 2 nitrogen and oxygen atoms in total. The zero-order valence-corrected chi connectivity index (χ0v) is 7.02. The van der Waals surface area contributed by atoms with E-state index in [2.05, 4.69) is 4.98 Å². The molecule has 1 aromatic heterocycles. The highest BCUT2D eigenvalue weighted by atomic mass is 35.5. The first kappa shape index (κ1) is 10.1. The fraction of sp³-hybridized carbons (Fsp3) is 0.286. The van der Waals surface area contributed by atoms with Gasteiger partial charge in [-0.15, -0.1) is 11.6 Å². The molecule has 72 valence electrons. The van der Waals surface area contributed by atoms with Crippen molar-refractivity contribution in [3.63, 3.8) is 0 Å². The molecule has 0 aliphatic heterocycles. The van der Waals surface area contributed by atoms with Crippen LogP contribution in [0.15, 0.2) is 12.4 Å². The Kier molecular flexibility index (Phi) is 2.66. The Bertz CT molecular complexity index is 313. The predicted molar refractivity (Wildman–Crippen MR) is 40.5 cm³/mol. The number of aromatic nitrogens is 1. The van der Waals surface area contributed by atoms with Gasteiger partial charge in [-0.2, -0.15) is 13.2 Å². The van der Waals surface area contributed by atoms with E-state index in [9.17, 15) is 13.2 Å². The van der Waals surface area contributed by atoms with Crippen molar-refractivity contribution in [1.29, 1.82) is 0 Å². The largest absolute Gasteiger partial charge is 0.506 e. The van der Waals surface area contributed by atoms with Crippen molar-refractivity contribution in [3.05, 3.63) is 23.5 Å². The second kappa shape index (κ2) is 3.41. The number of nitrogens with zero attached hydrogens (tertiary/aromatic N) is 1. The molecule has 1 heterocycles. The fourth-order valence-electron chi connectivity index (χ4n) is 0.861. The van der Waals surface area contributed by atoms with Crippen molar-refractivity contribution in [2.45, 2.75) is 12.1 Å². The Morgan fingerprint density at radius 2 is 2.00 bits per heavy atom. The third kappa shape index (κ3) is 2.03. The molecule has 0 amide bonds. The van der Waals surface area contributed by atoms with E-state index in [-0.39, 0.29) is 5.56 Å². The first-order valence-corrected chi connectivity index (χ1v) is 3.79. The Balaban J connectivity index is 3.29. The zero-order chi connectivity index (χ0) is 10.1. The van der Waals surface area contributed by atoms with Crippen LogP contribution < -0.4 is 0 Å². The quantitative estimate of drug-likeness (QED) is 0.725. The number of hydrogen-bond acceptors (Lipinski definition) is 2. The van der Waals surface area contributed by atoms with Gasteiger partial charge in [0.25, 0.3) is 0 Å². The third-order valence-electron chi connectivity index (χ3n) is 1.47. The van der Waals surface area contributed by atoms with Crippen LogP contribution in [0.4, 0.5) is 13.2 Å². The maximum Gasteiger partial charge on any atom is 0.418 e. The van der Waals surface area contributed by atoms with Crippen molar-refractivity contribution in [3.8, 4) is 5.75 Å². The molecule has 0 aliphatic carbocycles. The number of alkyl halides is 4. The van der Waals surface area contributed by atoms with Gasteiger partial charge in [-0.3, -0.25) is 4.98 Å². The molecule has 0 unspecified atom stereocenters.